The highest BCUT2D eigenvalue weighted by Crippen LogP contribution is 2.24. The minimum Gasteiger partial charge on any atom is -0.448 e. The summed E-state index contributed by atoms with van der Waals surface area (Å²) in [6.45, 7) is 5.71. The molecular formula is C20H17N5O3. The molecule has 0 spiro atoms. The highest BCUT2D eigenvalue weighted by molar-refractivity contribution is 5.89. The van der Waals surface area contributed by atoms with Gasteiger partial charge in [0.25, 0.3) is 5.89 Å². The maximum Gasteiger partial charge on any atom is 0.357 e. The first-order chi connectivity index (χ1) is 13.5. The van der Waals surface area contributed by atoms with Crippen LogP contribution >= 0.6 is 0 Å². The van der Waals surface area contributed by atoms with Gasteiger partial charge >= 0.3 is 5.97 Å². The summed E-state index contributed by atoms with van der Waals surface area (Å²) < 4.78 is 11.1. The second-order valence-electron chi connectivity index (χ2n) is 6.39. The largest absolute Gasteiger partial charge is 0.448 e. The number of pyridine rings is 1. The van der Waals surface area contributed by atoms with Crippen LogP contribution in [0.5, 0.6) is 0 Å². The van der Waals surface area contributed by atoms with Gasteiger partial charge in [-0.1, -0.05) is 6.07 Å². The van der Waals surface area contributed by atoms with Crippen molar-refractivity contribution in [3.8, 4) is 11.5 Å². The first-order valence-corrected chi connectivity index (χ1v) is 8.71. The second kappa shape index (κ2) is 7.15. The molecule has 1 aromatic carbocycles. The Bertz CT molecular complexity index is 1170. The zero-order valence-electron chi connectivity index (χ0n) is 15.6. The Kier molecular flexibility index (Phi) is 4.52. The minimum atomic E-state index is -0.723. The number of hydrogen-bond acceptors (Lipinski definition) is 8. The lowest BCUT2D eigenvalue weighted by Gasteiger charge is -2.09. The van der Waals surface area contributed by atoms with E-state index < -0.39 is 12.1 Å². The van der Waals surface area contributed by atoms with E-state index in [1.807, 2.05) is 32.0 Å². The molecule has 28 heavy (non-hydrogen) atoms. The number of fused-ring (bicyclic) bond motifs is 1. The highest BCUT2D eigenvalue weighted by Gasteiger charge is 2.21. The topological polar surface area (TPSA) is 104 Å². The third-order valence-corrected chi connectivity index (χ3v) is 4.37. The molecule has 0 bridgehead atoms. The molecule has 0 amide bonds. The lowest BCUT2D eigenvalue weighted by Crippen LogP contribution is -2.11. The molecule has 3 aromatic heterocycles. The number of benzene rings is 1. The first-order valence-electron chi connectivity index (χ1n) is 8.71. The third-order valence-electron chi connectivity index (χ3n) is 4.37. The van der Waals surface area contributed by atoms with Crippen molar-refractivity contribution in [3.63, 3.8) is 0 Å². The van der Waals surface area contributed by atoms with E-state index in [0.717, 1.165) is 11.1 Å². The molecule has 1 unspecified atom stereocenters. The summed E-state index contributed by atoms with van der Waals surface area (Å²) in [4.78, 5) is 24.8. The van der Waals surface area contributed by atoms with Crippen LogP contribution in [-0.4, -0.2) is 31.1 Å². The summed E-state index contributed by atoms with van der Waals surface area (Å²) in [6.07, 6.45) is 2.35. The average molecular weight is 375 g/mol. The van der Waals surface area contributed by atoms with Gasteiger partial charge in [-0.15, -0.1) is 10.2 Å². The molecule has 0 N–H and O–H groups in total. The zero-order chi connectivity index (χ0) is 19.7. The molecule has 0 saturated heterocycles. The first kappa shape index (κ1) is 17.7. The minimum absolute atomic E-state index is 0.133. The summed E-state index contributed by atoms with van der Waals surface area (Å²) in [7, 11) is 0. The number of esters is 1. The summed E-state index contributed by atoms with van der Waals surface area (Å²) in [6, 6.07) is 9.09. The molecule has 1 atom stereocenters. The van der Waals surface area contributed by atoms with Crippen molar-refractivity contribution < 1.29 is 13.9 Å². The molecule has 4 aromatic rings. The molecule has 0 radical (unpaired) electrons. The molecule has 8 heteroatoms. The molecule has 0 aliphatic carbocycles. The van der Waals surface area contributed by atoms with E-state index >= 15 is 0 Å². The van der Waals surface area contributed by atoms with Crippen LogP contribution < -0.4 is 0 Å². The van der Waals surface area contributed by atoms with E-state index in [-0.39, 0.29) is 11.6 Å². The van der Waals surface area contributed by atoms with Crippen molar-refractivity contribution in [3.05, 3.63) is 65.4 Å². The molecule has 0 saturated carbocycles. The number of hydrogen-bond donors (Lipinski definition) is 0. The van der Waals surface area contributed by atoms with Gasteiger partial charge in [0, 0.05) is 18.0 Å². The van der Waals surface area contributed by atoms with Crippen molar-refractivity contribution in [2.75, 3.05) is 0 Å². The number of carbonyl (C=O) groups excluding carboxylic acids is 1. The lowest BCUT2D eigenvalue weighted by molar-refractivity contribution is 0.0273. The van der Waals surface area contributed by atoms with Gasteiger partial charge in [0.2, 0.25) is 5.89 Å². The van der Waals surface area contributed by atoms with Crippen LogP contribution in [0.25, 0.3) is 22.6 Å². The predicted molar refractivity (Wildman–Crippen MR) is 100 cm³/mol. The molecule has 0 aliphatic rings. The molecule has 3 heterocycles. The Hall–Kier alpha value is -3.68. The lowest BCUT2D eigenvalue weighted by atomic mass is 10.1. The summed E-state index contributed by atoms with van der Waals surface area (Å²) in [5, 5.41) is 8.06. The predicted octanol–water partition coefficient (Wildman–Crippen LogP) is 3.61. The van der Waals surface area contributed by atoms with Gasteiger partial charge in [0.1, 0.15) is 5.52 Å². The third kappa shape index (κ3) is 3.44. The van der Waals surface area contributed by atoms with Gasteiger partial charge in [0.15, 0.2) is 17.4 Å². The number of nitrogens with zero attached hydrogens (tertiary/aromatic N) is 5. The SMILES string of the molecule is Cc1ccc(-c2nnc(C(C)OC(=O)c3ccc4nccnc4n3)o2)cc1C. The molecular weight excluding hydrogens is 358 g/mol. The number of aryl methyl sites for hydroxylation is 2. The van der Waals surface area contributed by atoms with E-state index in [1.54, 1.807) is 25.3 Å². The highest BCUT2D eigenvalue weighted by atomic mass is 16.6. The van der Waals surface area contributed by atoms with Crippen LogP contribution in [0.4, 0.5) is 0 Å². The van der Waals surface area contributed by atoms with Crippen molar-refractivity contribution in [2.24, 2.45) is 0 Å². The fourth-order valence-corrected chi connectivity index (χ4v) is 2.63. The normalized spacial score (nSPS) is 12.1. The van der Waals surface area contributed by atoms with E-state index in [2.05, 4.69) is 25.1 Å². The number of ether oxygens (including phenoxy) is 1. The molecule has 0 aliphatic heterocycles. The Morgan fingerprint density at radius 2 is 1.86 bits per heavy atom. The number of rotatable bonds is 4. The molecule has 8 nitrogen and oxygen atoms in total. The average Bonchev–Trinajstić information content (AvgIpc) is 3.20. The van der Waals surface area contributed by atoms with Crippen molar-refractivity contribution >= 4 is 17.1 Å². The molecule has 4 rings (SSSR count). The summed E-state index contributed by atoms with van der Waals surface area (Å²) >= 11 is 0. The Balaban J connectivity index is 1.51. The smallest absolute Gasteiger partial charge is 0.357 e. The summed E-state index contributed by atoms with van der Waals surface area (Å²) in [5.74, 6) is -0.0201. The van der Waals surface area contributed by atoms with Gasteiger partial charge in [-0.2, -0.15) is 0 Å². The molecule has 140 valence electrons. The van der Waals surface area contributed by atoms with Gasteiger partial charge in [-0.05, 0) is 56.2 Å². The Labute approximate surface area is 160 Å². The van der Waals surface area contributed by atoms with Gasteiger partial charge in [-0.3, -0.25) is 4.98 Å². The van der Waals surface area contributed by atoms with Crippen LogP contribution in [0, 0.1) is 13.8 Å². The Morgan fingerprint density at radius 3 is 2.68 bits per heavy atom. The van der Waals surface area contributed by atoms with Crippen molar-refractivity contribution in [1.29, 1.82) is 0 Å². The van der Waals surface area contributed by atoms with Crippen LogP contribution in [0.3, 0.4) is 0 Å². The fraction of sp³-hybridized carbons (Fsp3) is 0.200. The molecule has 0 fully saturated rings. The fourth-order valence-electron chi connectivity index (χ4n) is 2.63. The summed E-state index contributed by atoms with van der Waals surface area (Å²) in [5.41, 5.74) is 4.23. The van der Waals surface area contributed by atoms with Crippen molar-refractivity contribution in [2.45, 2.75) is 26.9 Å². The van der Waals surface area contributed by atoms with Gasteiger partial charge < -0.3 is 9.15 Å². The van der Waals surface area contributed by atoms with Gasteiger partial charge in [0.05, 0.1) is 0 Å². The van der Waals surface area contributed by atoms with E-state index in [9.17, 15) is 4.79 Å². The zero-order valence-corrected chi connectivity index (χ0v) is 15.6. The van der Waals surface area contributed by atoms with E-state index in [0.29, 0.717) is 17.1 Å². The standard InChI is InChI=1S/C20H17N5O3/c1-11-4-5-14(10-12(11)2)19-25-24-18(28-19)13(3)27-20(26)16-7-6-15-17(23-16)22-9-8-21-15/h4-10,13H,1-3H3. The van der Waals surface area contributed by atoms with Crippen LogP contribution in [0.2, 0.25) is 0 Å². The van der Waals surface area contributed by atoms with E-state index in [1.165, 1.54) is 11.8 Å². The second-order valence-corrected chi connectivity index (χ2v) is 6.39. The maximum absolute atomic E-state index is 12.4. The van der Waals surface area contributed by atoms with E-state index in [4.69, 9.17) is 9.15 Å². The van der Waals surface area contributed by atoms with Crippen LogP contribution in [0.1, 0.15) is 40.5 Å². The monoisotopic (exact) mass is 375 g/mol. The van der Waals surface area contributed by atoms with Gasteiger partial charge in [-0.25, -0.2) is 14.8 Å². The quantitative estimate of drug-likeness (QED) is 0.498. The van der Waals surface area contributed by atoms with Crippen LogP contribution in [-0.2, 0) is 4.74 Å². The number of carbonyl (C=O) groups is 1. The van der Waals surface area contributed by atoms with Crippen LogP contribution in [0.15, 0.2) is 47.1 Å². The van der Waals surface area contributed by atoms with Crippen molar-refractivity contribution in [1.82, 2.24) is 25.1 Å². The number of aromatic nitrogens is 5. The maximum atomic E-state index is 12.4. The Morgan fingerprint density at radius 1 is 1.04 bits per heavy atom.